The van der Waals surface area contributed by atoms with Crippen LogP contribution < -0.4 is 37.3 Å². The molecule has 0 saturated heterocycles. The Bertz CT molecular complexity index is 4250. The molecule has 6 aromatic carbocycles. The molecule has 2 aromatic heterocycles. The van der Waals surface area contributed by atoms with Crippen LogP contribution in [0.5, 0.6) is 11.5 Å². The predicted octanol–water partition coefficient (Wildman–Crippen LogP) is 13.5. The summed E-state index contributed by atoms with van der Waals surface area (Å²) in [7, 11) is 0. The zero-order valence-electron chi connectivity index (χ0n) is 61.6. The Labute approximate surface area is 634 Å². The SMILES string of the molecule is CC(C)Oc1ccc(C(=O)Oc2c(F)c(F)c(F)c(F)c2F)cc1Cl.C[C@@H](CC(=O)NNC(=O)c1ccccc1)C(=O)OC(C)(C)C.C[C@@H](CC(=O)O)C(=O)OC(C)(C)C.C[C@@H](Cc1nnc(-c2ccccc2)s1)C(=O)OC(C)(C)C.NNC(=O)c1ccccc1.N[C@@H](Cc1nnc(-c2ccccc2)s1)C(=O)O. The van der Waals surface area contributed by atoms with Crippen molar-refractivity contribution in [1.29, 1.82) is 0 Å². The number of nitrogens with two attached hydrogens (primary N) is 2. The van der Waals surface area contributed by atoms with E-state index in [0.29, 0.717) is 22.6 Å². The number of hydrogen-bond donors (Lipinski definition) is 7. The molecule has 25 nitrogen and oxygen atoms in total. The molecule has 0 aliphatic heterocycles. The number of benzene rings is 6. The van der Waals surface area contributed by atoms with Gasteiger partial charge >= 0.3 is 35.8 Å². The van der Waals surface area contributed by atoms with Crippen molar-refractivity contribution in [2.75, 3.05) is 0 Å². The quantitative estimate of drug-likeness (QED) is 0.00429. The molecule has 0 bridgehead atoms. The van der Waals surface area contributed by atoms with Gasteiger partial charge in [-0.05, 0) is 119 Å². The molecule has 0 unspecified atom stereocenters. The summed E-state index contributed by atoms with van der Waals surface area (Å²) < 4.78 is 91.4. The summed E-state index contributed by atoms with van der Waals surface area (Å²) in [6, 6.07) is 39.4. The topological polar surface area (TPSA) is 380 Å². The number of aliphatic carboxylic acids is 2. The minimum Gasteiger partial charge on any atom is -0.489 e. The highest BCUT2D eigenvalue weighted by Gasteiger charge is 2.31. The zero-order chi connectivity index (χ0) is 81.4. The number of hydrazine groups is 2. The van der Waals surface area contributed by atoms with E-state index < -0.39 is 111 Å². The molecule has 108 heavy (non-hydrogen) atoms. The zero-order valence-corrected chi connectivity index (χ0v) is 64.0. The molecule has 0 aliphatic carbocycles. The van der Waals surface area contributed by atoms with Crippen molar-refractivity contribution in [2.24, 2.45) is 29.3 Å². The lowest BCUT2D eigenvalue weighted by molar-refractivity contribution is -0.162. The number of rotatable bonds is 20. The highest BCUT2D eigenvalue weighted by Crippen LogP contribution is 2.32. The van der Waals surface area contributed by atoms with Gasteiger partial charge < -0.3 is 39.6 Å². The molecular formula is C75H87ClF5N9O16S2. The Morgan fingerprint density at radius 2 is 0.889 bits per heavy atom. The molecular weight excluding hydrogens is 1480 g/mol. The van der Waals surface area contributed by atoms with Crippen LogP contribution in [-0.2, 0) is 55.8 Å². The molecule has 2 heterocycles. The fraction of sp³-hybridized carbons (Fsp3) is 0.347. The largest absolute Gasteiger partial charge is 0.489 e. The van der Waals surface area contributed by atoms with Crippen LogP contribution in [0.25, 0.3) is 21.1 Å². The summed E-state index contributed by atoms with van der Waals surface area (Å²) in [5, 5.41) is 36.6. The van der Waals surface area contributed by atoms with Gasteiger partial charge in [-0.2, -0.15) is 8.78 Å². The van der Waals surface area contributed by atoms with Gasteiger partial charge in [-0.3, -0.25) is 54.6 Å². The Morgan fingerprint density at radius 1 is 0.500 bits per heavy atom. The van der Waals surface area contributed by atoms with E-state index in [1.54, 1.807) is 124 Å². The minimum absolute atomic E-state index is 0.000520. The van der Waals surface area contributed by atoms with E-state index in [9.17, 15) is 65.1 Å². The molecule has 8 aromatic rings. The highest BCUT2D eigenvalue weighted by molar-refractivity contribution is 7.15. The summed E-state index contributed by atoms with van der Waals surface area (Å²) >= 11 is 8.79. The molecule has 0 spiro atoms. The van der Waals surface area contributed by atoms with Crippen LogP contribution in [0.4, 0.5) is 22.0 Å². The van der Waals surface area contributed by atoms with Gasteiger partial charge in [0.15, 0.2) is 0 Å². The number of hydrogen-bond acceptors (Lipinski definition) is 22. The van der Waals surface area contributed by atoms with E-state index in [1.807, 2.05) is 99.9 Å². The first-order valence-corrected chi connectivity index (χ1v) is 35.0. The van der Waals surface area contributed by atoms with Crippen molar-refractivity contribution < 1.29 is 99.0 Å². The van der Waals surface area contributed by atoms with E-state index in [0.717, 1.165) is 38.3 Å². The monoisotopic (exact) mass is 1560 g/mol. The summed E-state index contributed by atoms with van der Waals surface area (Å²) in [6.07, 6.45) is 0.307. The number of aromatic nitrogens is 4. The van der Waals surface area contributed by atoms with E-state index in [2.05, 4.69) is 36.0 Å². The standard InChI is InChI=1S/C16H10ClF5O3.C16H22N2O4.C16H20N2O2S.C11H11N3O2S.C9H16O4.C7H8N2O/c1-6(2)24-9-4-3-7(5-8(9)17)16(23)25-15-13(21)11(19)10(18)12(20)14(15)22;1-11(15(21)22-16(2,3)4)10-13(19)17-18-14(20)12-8-6-5-7-9-12;1-11(15(19)20-16(2,3)4)10-13-17-18-14(21-13)12-8-6-5-7-9-12;12-8(11(15)16)6-9-13-14-10(17-9)7-4-2-1-3-5-7;1-6(5-7(10)11)8(12)13-9(2,3)4;8-9-7(10)6-4-2-1-3-5-6/h3-6H,1-2H3;5-9,11H,10H2,1-4H3,(H,17,19)(H,18,20);5-9,11H,10H2,1-4H3;1-5,8H,6,12H2,(H,15,16);6H,5H2,1-4H3,(H,10,11);1-5H,8H2,(H,9,10)/t;2*11-;8-;6-;/m.0000./s1. The van der Waals surface area contributed by atoms with E-state index in [-0.39, 0.29) is 59.5 Å². The maximum atomic E-state index is 13.5. The number of nitrogens with zero attached hydrogens (tertiary/aromatic N) is 4. The Balaban J connectivity index is 0.000000343. The second kappa shape index (κ2) is 43.8. The second-order valence-corrected chi connectivity index (χ2v) is 29.0. The first-order valence-electron chi connectivity index (χ1n) is 32.9. The van der Waals surface area contributed by atoms with Gasteiger partial charge in [0, 0.05) is 41.5 Å². The predicted molar refractivity (Wildman–Crippen MR) is 394 cm³/mol. The number of carbonyl (C=O) groups excluding carboxylic acids is 7. The third-order valence-electron chi connectivity index (χ3n) is 13.0. The van der Waals surface area contributed by atoms with Gasteiger partial charge in [0.2, 0.25) is 40.7 Å². The number of ether oxygens (including phenoxy) is 5. The number of halogens is 6. The van der Waals surface area contributed by atoms with Gasteiger partial charge in [0.05, 0.1) is 40.9 Å². The van der Waals surface area contributed by atoms with Gasteiger partial charge in [-0.25, -0.2) is 23.8 Å². The number of nitrogen functional groups attached to an aromatic ring is 1. The van der Waals surface area contributed by atoms with E-state index in [4.69, 9.17) is 52.3 Å². The number of carboxylic acid groups (broad SMARTS) is 2. The summed E-state index contributed by atoms with van der Waals surface area (Å²) in [6.45, 7) is 24.6. The fourth-order valence-electron chi connectivity index (χ4n) is 7.92. The number of carbonyl (C=O) groups is 9. The van der Waals surface area contributed by atoms with Crippen LogP contribution in [0.1, 0.15) is 151 Å². The van der Waals surface area contributed by atoms with Crippen molar-refractivity contribution in [3.63, 3.8) is 0 Å². The van der Waals surface area contributed by atoms with Gasteiger partial charge in [0.25, 0.3) is 11.8 Å². The lowest BCUT2D eigenvalue weighted by atomic mass is 10.1. The lowest BCUT2D eigenvalue weighted by Gasteiger charge is -2.22. The van der Waals surface area contributed by atoms with Crippen molar-refractivity contribution >= 4 is 87.8 Å². The van der Waals surface area contributed by atoms with Gasteiger partial charge in [0.1, 0.15) is 48.6 Å². The third kappa shape index (κ3) is 33.8. The molecule has 0 aliphatic rings. The normalized spacial score (nSPS) is 11.9. The molecule has 3 amide bonds. The van der Waals surface area contributed by atoms with Crippen molar-refractivity contribution in [3.8, 4) is 32.6 Å². The third-order valence-corrected chi connectivity index (χ3v) is 15.3. The summed E-state index contributed by atoms with van der Waals surface area (Å²) in [5.41, 5.74) is 13.2. The number of nitrogens with one attached hydrogen (secondary N) is 3. The maximum Gasteiger partial charge on any atom is 0.343 e. The molecule has 9 N–H and O–H groups in total. The maximum absolute atomic E-state index is 13.5. The molecule has 0 radical (unpaired) electrons. The fourth-order valence-corrected chi connectivity index (χ4v) is 10.0. The van der Waals surface area contributed by atoms with Crippen molar-refractivity contribution in [1.82, 2.24) is 36.7 Å². The average molecular weight is 1570 g/mol. The molecule has 33 heteroatoms. The van der Waals surface area contributed by atoms with Gasteiger partial charge in [-0.15, -0.1) is 20.4 Å². The van der Waals surface area contributed by atoms with Crippen molar-refractivity contribution in [3.05, 3.63) is 200 Å². The molecule has 582 valence electrons. The van der Waals surface area contributed by atoms with Gasteiger partial charge in [-0.1, -0.05) is 152 Å². The molecule has 8 rings (SSSR count). The van der Waals surface area contributed by atoms with E-state index in [1.165, 1.54) is 28.7 Å². The smallest absolute Gasteiger partial charge is 0.343 e. The average Bonchev–Trinajstić information content (AvgIpc) is 1.03. The van der Waals surface area contributed by atoms with Crippen LogP contribution in [0, 0.1) is 46.8 Å². The Hall–Kier alpha value is -10.7. The minimum atomic E-state index is -2.35. The summed E-state index contributed by atoms with van der Waals surface area (Å²) in [4.78, 5) is 102. The summed E-state index contributed by atoms with van der Waals surface area (Å²) in [5.74, 6) is -14.9. The number of esters is 4. The first kappa shape index (κ1) is 91.5. The van der Waals surface area contributed by atoms with Crippen LogP contribution >= 0.6 is 34.3 Å². The molecule has 0 fully saturated rings. The van der Waals surface area contributed by atoms with Crippen LogP contribution in [-0.4, -0.2) is 113 Å². The first-order chi connectivity index (χ1) is 50.4. The molecule has 0 saturated carbocycles. The van der Waals surface area contributed by atoms with E-state index >= 15 is 0 Å². The number of carboxylic acids is 2. The van der Waals surface area contributed by atoms with Crippen LogP contribution in [0.2, 0.25) is 5.02 Å². The van der Waals surface area contributed by atoms with Crippen LogP contribution in [0.15, 0.2) is 140 Å². The molecule has 4 atom stereocenters. The number of amides is 3. The van der Waals surface area contributed by atoms with Crippen LogP contribution in [0.3, 0.4) is 0 Å². The lowest BCUT2D eigenvalue weighted by Crippen LogP contribution is -2.42. The van der Waals surface area contributed by atoms with Crippen molar-refractivity contribution in [2.45, 2.75) is 152 Å². The highest BCUT2D eigenvalue weighted by atomic mass is 35.5. The Morgan fingerprint density at radius 3 is 1.28 bits per heavy atom. The Kier molecular flexibility index (Phi) is 37.1. The second-order valence-electron chi connectivity index (χ2n) is 26.5.